The summed E-state index contributed by atoms with van der Waals surface area (Å²) in [6.45, 7) is 0. The van der Waals surface area contributed by atoms with Crippen molar-refractivity contribution in [1.82, 2.24) is 0 Å². The van der Waals surface area contributed by atoms with E-state index in [0.29, 0.717) is 70.9 Å². The fraction of sp³-hybridized carbons (Fsp3) is 0.250. The summed E-state index contributed by atoms with van der Waals surface area (Å²) in [5, 5.41) is 42.6. The predicted molar refractivity (Wildman–Crippen MR) is 152 cm³/mol. The summed E-state index contributed by atoms with van der Waals surface area (Å²) in [4.78, 5) is 0. The fourth-order valence-corrected chi connectivity index (χ4v) is 4.66. The highest BCUT2D eigenvalue weighted by Crippen LogP contribution is 2.42. The molecule has 0 saturated heterocycles. The van der Waals surface area contributed by atoms with Gasteiger partial charge in [-0.05, 0) is 84.3 Å². The van der Waals surface area contributed by atoms with Crippen LogP contribution in [0.2, 0.25) is 0 Å². The molecule has 0 radical (unpaired) electrons. The Bertz CT molecular complexity index is 1340. The molecule has 8 heteroatoms. The lowest BCUT2D eigenvalue weighted by Crippen LogP contribution is -1.97. The minimum absolute atomic E-state index is 0.0541. The Morgan fingerprint density at radius 3 is 1.02 bits per heavy atom. The molecule has 0 aliphatic carbocycles. The summed E-state index contributed by atoms with van der Waals surface area (Å²) in [7, 11) is 6.34. The van der Waals surface area contributed by atoms with Gasteiger partial charge in [0.15, 0.2) is 0 Å². The number of methoxy groups -OCH3 is 4. The first kappa shape index (κ1) is 28.3. The number of phenolic OH excluding ortho intramolecular Hbond substituents is 4. The zero-order valence-corrected chi connectivity index (χ0v) is 23.0. The first-order chi connectivity index (χ1) is 19.2. The van der Waals surface area contributed by atoms with E-state index in [0.717, 1.165) is 11.1 Å². The third-order valence-electron chi connectivity index (χ3n) is 6.87. The molecule has 0 spiro atoms. The molecule has 4 aromatic carbocycles. The van der Waals surface area contributed by atoms with E-state index in [1.165, 1.54) is 12.1 Å². The molecule has 4 rings (SSSR count). The standard InChI is InChI=1S/C32H34O8/c1-37-23-9-19(10-24(15-23)38-2)5-7-21-13-27(31(35)17-29(21)33)28-14-22(30(34)18-32(28)36)8-6-20-11-25(39-3)16-26(12-20)40-4/h9-18,33-36H,5-8H2,1-4H3. The monoisotopic (exact) mass is 546 g/mol. The molecule has 0 unspecified atom stereocenters. The molecule has 0 fully saturated rings. The number of phenols is 4. The van der Waals surface area contributed by atoms with Crippen molar-refractivity contribution in [3.8, 4) is 57.1 Å². The first-order valence-electron chi connectivity index (χ1n) is 12.8. The van der Waals surface area contributed by atoms with E-state index in [4.69, 9.17) is 18.9 Å². The van der Waals surface area contributed by atoms with Gasteiger partial charge in [0.05, 0.1) is 28.4 Å². The second-order valence-electron chi connectivity index (χ2n) is 9.44. The van der Waals surface area contributed by atoms with Crippen LogP contribution >= 0.6 is 0 Å². The van der Waals surface area contributed by atoms with Gasteiger partial charge >= 0.3 is 0 Å². The van der Waals surface area contributed by atoms with Crippen molar-refractivity contribution in [2.24, 2.45) is 0 Å². The maximum Gasteiger partial charge on any atom is 0.127 e. The number of aryl methyl sites for hydroxylation is 4. The first-order valence-corrected chi connectivity index (χ1v) is 12.8. The van der Waals surface area contributed by atoms with Crippen LogP contribution in [0.25, 0.3) is 11.1 Å². The van der Waals surface area contributed by atoms with Crippen molar-refractivity contribution < 1.29 is 39.4 Å². The van der Waals surface area contributed by atoms with Gasteiger partial charge < -0.3 is 39.4 Å². The van der Waals surface area contributed by atoms with Gasteiger partial charge in [0.2, 0.25) is 0 Å². The maximum absolute atomic E-state index is 10.7. The van der Waals surface area contributed by atoms with Gasteiger partial charge in [-0.3, -0.25) is 0 Å². The summed E-state index contributed by atoms with van der Waals surface area (Å²) >= 11 is 0. The Labute approximate surface area is 233 Å². The van der Waals surface area contributed by atoms with E-state index in [1.807, 2.05) is 24.3 Å². The van der Waals surface area contributed by atoms with E-state index in [2.05, 4.69) is 0 Å². The fourth-order valence-electron chi connectivity index (χ4n) is 4.66. The number of hydrogen-bond acceptors (Lipinski definition) is 8. The van der Waals surface area contributed by atoms with Gasteiger partial charge in [0, 0.05) is 35.4 Å². The van der Waals surface area contributed by atoms with Gasteiger partial charge in [0.25, 0.3) is 0 Å². The molecular weight excluding hydrogens is 512 g/mol. The molecule has 0 amide bonds. The molecule has 8 nitrogen and oxygen atoms in total. The average Bonchev–Trinajstić information content (AvgIpc) is 2.96. The highest BCUT2D eigenvalue weighted by molar-refractivity contribution is 5.78. The summed E-state index contributed by atoms with van der Waals surface area (Å²) in [6, 6.07) is 17.0. The van der Waals surface area contributed by atoms with Crippen molar-refractivity contribution in [1.29, 1.82) is 0 Å². The van der Waals surface area contributed by atoms with Gasteiger partial charge in [0.1, 0.15) is 46.0 Å². The minimum Gasteiger partial charge on any atom is -0.508 e. The molecule has 4 aromatic rings. The molecule has 0 aromatic heterocycles. The Balaban J connectivity index is 1.61. The molecule has 40 heavy (non-hydrogen) atoms. The zero-order chi connectivity index (χ0) is 28.8. The lowest BCUT2D eigenvalue weighted by Gasteiger charge is -2.15. The Morgan fingerprint density at radius 1 is 0.400 bits per heavy atom. The van der Waals surface area contributed by atoms with Gasteiger partial charge in [-0.25, -0.2) is 0 Å². The topological polar surface area (TPSA) is 118 Å². The maximum atomic E-state index is 10.7. The number of hydrogen-bond donors (Lipinski definition) is 4. The predicted octanol–water partition coefficient (Wildman–Crippen LogP) is 5.78. The SMILES string of the molecule is COc1cc(CCc2cc(-c3cc(CCc4cc(OC)cc(OC)c4)c(O)cc3O)c(O)cc2O)cc(OC)c1. The van der Waals surface area contributed by atoms with Crippen LogP contribution in [0, 0.1) is 0 Å². The molecule has 210 valence electrons. The van der Waals surface area contributed by atoms with Crippen LogP contribution in [0.3, 0.4) is 0 Å². The number of rotatable bonds is 11. The molecule has 0 heterocycles. The summed E-state index contributed by atoms with van der Waals surface area (Å²) in [6.07, 6.45) is 2.06. The van der Waals surface area contributed by atoms with Crippen LogP contribution in [0.1, 0.15) is 22.3 Å². The lowest BCUT2D eigenvalue weighted by atomic mass is 9.94. The number of ether oxygens (including phenoxy) is 4. The van der Waals surface area contributed by atoms with Crippen LogP contribution in [0.4, 0.5) is 0 Å². The number of benzene rings is 4. The quantitative estimate of drug-likeness (QED) is 0.187. The summed E-state index contributed by atoms with van der Waals surface area (Å²) in [5.74, 6) is 2.18. The molecule has 0 aliphatic heterocycles. The molecule has 0 saturated carbocycles. The second-order valence-corrected chi connectivity index (χ2v) is 9.44. The van der Waals surface area contributed by atoms with E-state index >= 15 is 0 Å². The Morgan fingerprint density at radius 2 is 0.725 bits per heavy atom. The van der Waals surface area contributed by atoms with Crippen LogP contribution < -0.4 is 18.9 Å². The highest BCUT2D eigenvalue weighted by atomic mass is 16.5. The van der Waals surface area contributed by atoms with Crippen LogP contribution in [-0.4, -0.2) is 48.9 Å². The van der Waals surface area contributed by atoms with Crippen molar-refractivity contribution >= 4 is 0 Å². The van der Waals surface area contributed by atoms with Gasteiger partial charge in [-0.15, -0.1) is 0 Å². The van der Waals surface area contributed by atoms with E-state index in [-0.39, 0.29) is 23.0 Å². The smallest absolute Gasteiger partial charge is 0.127 e. The van der Waals surface area contributed by atoms with Crippen molar-refractivity contribution in [3.63, 3.8) is 0 Å². The zero-order valence-electron chi connectivity index (χ0n) is 23.0. The normalized spacial score (nSPS) is 10.8. The second kappa shape index (κ2) is 12.4. The third kappa shape index (κ3) is 6.46. The largest absolute Gasteiger partial charge is 0.508 e. The molecular formula is C32H34O8. The minimum atomic E-state index is -0.186. The highest BCUT2D eigenvalue weighted by Gasteiger charge is 2.17. The molecule has 0 aliphatic rings. The van der Waals surface area contributed by atoms with Crippen molar-refractivity contribution in [2.75, 3.05) is 28.4 Å². The van der Waals surface area contributed by atoms with Crippen molar-refractivity contribution in [2.45, 2.75) is 25.7 Å². The third-order valence-corrected chi connectivity index (χ3v) is 6.87. The molecule has 0 bridgehead atoms. The Hall–Kier alpha value is -4.72. The van der Waals surface area contributed by atoms with Crippen LogP contribution in [0.15, 0.2) is 60.7 Å². The van der Waals surface area contributed by atoms with E-state index in [1.54, 1.807) is 52.7 Å². The van der Waals surface area contributed by atoms with Crippen LogP contribution in [-0.2, 0) is 25.7 Å². The van der Waals surface area contributed by atoms with Gasteiger partial charge in [-0.2, -0.15) is 0 Å². The van der Waals surface area contributed by atoms with Gasteiger partial charge in [-0.1, -0.05) is 0 Å². The molecule has 0 atom stereocenters. The van der Waals surface area contributed by atoms with Crippen molar-refractivity contribution in [3.05, 3.63) is 82.9 Å². The van der Waals surface area contributed by atoms with Crippen LogP contribution in [0.5, 0.6) is 46.0 Å². The van der Waals surface area contributed by atoms with E-state index < -0.39 is 0 Å². The average molecular weight is 547 g/mol. The number of aromatic hydroxyl groups is 4. The lowest BCUT2D eigenvalue weighted by molar-refractivity contribution is 0.393. The summed E-state index contributed by atoms with van der Waals surface area (Å²) < 4.78 is 21.4. The Kier molecular flexibility index (Phi) is 8.79. The summed E-state index contributed by atoms with van der Waals surface area (Å²) in [5.41, 5.74) is 3.78. The molecule has 4 N–H and O–H groups in total. The van der Waals surface area contributed by atoms with E-state index in [9.17, 15) is 20.4 Å².